The van der Waals surface area contributed by atoms with Crippen LogP contribution in [-0.2, 0) is 14.8 Å². The van der Waals surface area contributed by atoms with E-state index in [0.717, 1.165) is 6.42 Å². The van der Waals surface area contributed by atoms with Crippen molar-refractivity contribution >= 4 is 33.2 Å². The molecular formula is C12H18ClN3O3S. The number of aryl methyl sites for hydroxylation is 1. The Morgan fingerprint density at radius 3 is 2.65 bits per heavy atom. The van der Waals surface area contributed by atoms with Gasteiger partial charge >= 0.3 is 0 Å². The average Bonchev–Trinajstić information content (AvgIpc) is 2.38. The number of hydrogen-bond acceptors (Lipinski definition) is 4. The lowest BCUT2D eigenvalue weighted by Crippen LogP contribution is -2.37. The predicted octanol–water partition coefficient (Wildman–Crippen LogP) is 1.04. The lowest BCUT2D eigenvalue weighted by atomic mass is 10.2. The van der Waals surface area contributed by atoms with Crippen molar-refractivity contribution in [3.63, 3.8) is 0 Å². The molecule has 4 N–H and O–H groups in total. The molecule has 0 aliphatic carbocycles. The summed E-state index contributed by atoms with van der Waals surface area (Å²) in [6.45, 7) is 3.79. The van der Waals surface area contributed by atoms with Crippen LogP contribution in [0.15, 0.2) is 17.0 Å². The molecule has 0 aromatic heterocycles. The number of carbonyl (C=O) groups excluding carboxylic acids is 1. The highest BCUT2D eigenvalue weighted by molar-refractivity contribution is 7.89. The normalized spacial score (nSPS) is 11.3. The lowest BCUT2D eigenvalue weighted by Gasteiger charge is -2.10. The first-order valence-electron chi connectivity index (χ1n) is 6.10. The van der Waals surface area contributed by atoms with Gasteiger partial charge in [0.1, 0.15) is 4.90 Å². The molecule has 8 heteroatoms. The first-order chi connectivity index (χ1) is 9.27. The SMILES string of the molecule is CCCNC(=O)CNS(=O)(=O)c1cc(N)c(C)cc1Cl. The Balaban J connectivity index is 2.84. The molecule has 0 spiro atoms. The number of nitrogen functional groups attached to an aromatic ring is 1. The highest BCUT2D eigenvalue weighted by Crippen LogP contribution is 2.26. The molecule has 6 nitrogen and oxygen atoms in total. The van der Waals surface area contributed by atoms with Gasteiger partial charge in [0.2, 0.25) is 15.9 Å². The van der Waals surface area contributed by atoms with E-state index in [2.05, 4.69) is 10.0 Å². The quantitative estimate of drug-likeness (QED) is 0.682. The van der Waals surface area contributed by atoms with Crippen LogP contribution in [0.4, 0.5) is 5.69 Å². The van der Waals surface area contributed by atoms with Crippen molar-refractivity contribution in [3.05, 3.63) is 22.7 Å². The number of sulfonamides is 1. The van der Waals surface area contributed by atoms with Gasteiger partial charge < -0.3 is 11.1 Å². The minimum absolute atomic E-state index is 0.0677. The van der Waals surface area contributed by atoms with E-state index in [1.807, 2.05) is 6.92 Å². The molecule has 0 aliphatic heterocycles. The van der Waals surface area contributed by atoms with Crippen molar-refractivity contribution in [1.29, 1.82) is 0 Å². The molecule has 1 amide bonds. The number of halogens is 1. The second-order valence-electron chi connectivity index (χ2n) is 4.31. The first-order valence-corrected chi connectivity index (χ1v) is 7.96. The average molecular weight is 320 g/mol. The van der Waals surface area contributed by atoms with Crippen molar-refractivity contribution in [2.24, 2.45) is 0 Å². The minimum atomic E-state index is -3.87. The van der Waals surface area contributed by atoms with Crippen molar-refractivity contribution in [1.82, 2.24) is 10.0 Å². The van der Waals surface area contributed by atoms with Crippen LogP contribution in [0.1, 0.15) is 18.9 Å². The molecular weight excluding hydrogens is 302 g/mol. The van der Waals surface area contributed by atoms with Crippen LogP contribution in [0, 0.1) is 6.92 Å². The van der Waals surface area contributed by atoms with E-state index in [1.54, 1.807) is 6.92 Å². The number of nitrogens with two attached hydrogens (primary N) is 1. The second kappa shape index (κ2) is 6.92. The minimum Gasteiger partial charge on any atom is -0.398 e. The third kappa shape index (κ3) is 4.36. The third-order valence-electron chi connectivity index (χ3n) is 2.60. The summed E-state index contributed by atoms with van der Waals surface area (Å²) < 4.78 is 26.3. The van der Waals surface area contributed by atoms with Crippen molar-refractivity contribution in [2.75, 3.05) is 18.8 Å². The van der Waals surface area contributed by atoms with Crippen molar-refractivity contribution in [2.45, 2.75) is 25.2 Å². The summed E-state index contributed by atoms with van der Waals surface area (Å²) in [5.74, 6) is -0.397. The summed E-state index contributed by atoms with van der Waals surface area (Å²) in [5.41, 5.74) is 6.69. The van der Waals surface area contributed by atoms with E-state index in [9.17, 15) is 13.2 Å². The molecule has 0 aliphatic rings. The monoisotopic (exact) mass is 319 g/mol. The number of benzene rings is 1. The highest BCUT2D eigenvalue weighted by Gasteiger charge is 2.20. The molecule has 0 bridgehead atoms. The van der Waals surface area contributed by atoms with Crippen LogP contribution < -0.4 is 15.8 Å². The van der Waals surface area contributed by atoms with E-state index < -0.39 is 15.9 Å². The maximum Gasteiger partial charge on any atom is 0.242 e. The topological polar surface area (TPSA) is 101 Å². The molecule has 112 valence electrons. The number of hydrogen-bond donors (Lipinski definition) is 3. The van der Waals surface area contributed by atoms with Gasteiger partial charge in [0.25, 0.3) is 0 Å². The number of amides is 1. The van der Waals surface area contributed by atoms with Crippen LogP contribution in [0.2, 0.25) is 5.02 Å². The molecule has 20 heavy (non-hydrogen) atoms. The van der Waals surface area contributed by atoms with Gasteiger partial charge in [0.05, 0.1) is 11.6 Å². The van der Waals surface area contributed by atoms with Gasteiger partial charge in [-0.3, -0.25) is 4.79 Å². The molecule has 1 aromatic rings. The van der Waals surface area contributed by atoms with Gasteiger partial charge in [0.15, 0.2) is 0 Å². The maximum atomic E-state index is 12.1. The van der Waals surface area contributed by atoms with E-state index in [4.69, 9.17) is 17.3 Å². The molecule has 1 aromatic carbocycles. The molecule has 0 radical (unpaired) electrons. The summed E-state index contributed by atoms with van der Waals surface area (Å²) in [7, 11) is -3.87. The summed E-state index contributed by atoms with van der Waals surface area (Å²) >= 11 is 5.91. The Morgan fingerprint density at radius 2 is 2.05 bits per heavy atom. The highest BCUT2D eigenvalue weighted by atomic mass is 35.5. The molecule has 0 unspecified atom stereocenters. The van der Waals surface area contributed by atoms with E-state index >= 15 is 0 Å². The Kier molecular flexibility index (Phi) is 5.79. The Bertz CT molecular complexity index is 602. The van der Waals surface area contributed by atoms with Gasteiger partial charge in [0, 0.05) is 12.2 Å². The summed E-state index contributed by atoms with van der Waals surface area (Å²) in [5, 5.41) is 2.64. The standard InChI is InChI=1S/C12H18ClN3O3S/c1-3-4-15-12(17)7-16-20(18,19)11-6-10(14)8(2)5-9(11)13/h5-6,16H,3-4,7,14H2,1-2H3,(H,15,17). The van der Waals surface area contributed by atoms with Crippen LogP contribution in [0.5, 0.6) is 0 Å². The Labute approximate surface area is 123 Å². The van der Waals surface area contributed by atoms with Crippen LogP contribution in [-0.4, -0.2) is 27.4 Å². The summed E-state index contributed by atoms with van der Waals surface area (Å²) in [6.07, 6.45) is 0.777. The molecule has 0 saturated heterocycles. The summed E-state index contributed by atoms with van der Waals surface area (Å²) in [4.78, 5) is 11.3. The lowest BCUT2D eigenvalue weighted by molar-refractivity contribution is -0.119. The summed E-state index contributed by atoms with van der Waals surface area (Å²) in [6, 6.07) is 2.76. The first kappa shape index (κ1) is 16.7. The van der Waals surface area contributed by atoms with Gasteiger partial charge in [-0.25, -0.2) is 13.1 Å². The van der Waals surface area contributed by atoms with Gasteiger partial charge in [-0.05, 0) is 31.0 Å². The van der Waals surface area contributed by atoms with Crippen LogP contribution >= 0.6 is 11.6 Å². The molecule has 0 atom stereocenters. The van der Waals surface area contributed by atoms with E-state index in [1.165, 1.54) is 12.1 Å². The largest absolute Gasteiger partial charge is 0.398 e. The van der Waals surface area contributed by atoms with E-state index in [0.29, 0.717) is 17.8 Å². The van der Waals surface area contributed by atoms with Crippen LogP contribution in [0.25, 0.3) is 0 Å². The number of nitrogens with one attached hydrogen (secondary N) is 2. The Morgan fingerprint density at radius 1 is 1.40 bits per heavy atom. The number of rotatable bonds is 6. The van der Waals surface area contributed by atoms with E-state index in [-0.39, 0.29) is 16.5 Å². The fraction of sp³-hybridized carbons (Fsp3) is 0.417. The van der Waals surface area contributed by atoms with Crippen molar-refractivity contribution in [3.8, 4) is 0 Å². The Hall–Kier alpha value is -1.31. The van der Waals surface area contributed by atoms with Gasteiger partial charge in [-0.1, -0.05) is 18.5 Å². The second-order valence-corrected chi connectivity index (χ2v) is 6.46. The third-order valence-corrected chi connectivity index (χ3v) is 4.47. The van der Waals surface area contributed by atoms with Crippen LogP contribution in [0.3, 0.4) is 0 Å². The number of carbonyl (C=O) groups is 1. The van der Waals surface area contributed by atoms with Gasteiger partial charge in [-0.15, -0.1) is 0 Å². The smallest absolute Gasteiger partial charge is 0.242 e. The molecule has 0 fully saturated rings. The maximum absolute atomic E-state index is 12.1. The zero-order chi connectivity index (χ0) is 15.3. The zero-order valence-corrected chi connectivity index (χ0v) is 12.9. The fourth-order valence-corrected chi connectivity index (χ4v) is 3.04. The molecule has 1 rings (SSSR count). The zero-order valence-electron chi connectivity index (χ0n) is 11.4. The predicted molar refractivity (Wildman–Crippen MR) is 79.1 cm³/mol. The van der Waals surface area contributed by atoms with Gasteiger partial charge in [-0.2, -0.15) is 0 Å². The fourth-order valence-electron chi connectivity index (χ4n) is 1.44. The number of anilines is 1. The molecule has 0 saturated carbocycles. The molecule has 0 heterocycles. The van der Waals surface area contributed by atoms with Crippen molar-refractivity contribution < 1.29 is 13.2 Å².